The van der Waals surface area contributed by atoms with Gasteiger partial charge in [0.1, 0.15) is 11.4 Å². The van der Waals surface area contributed by atoms with Crippen LogP contribution in [0.5, 0.6) is 5.75 Å². The number of fused-ring (bicyclic) bond motifs is 1. The molecule has 3 N–H and O–H groups in total. The molecule has 1 aromatic carbocycles. The minimum atomic E-state index is -0.768. The third kappa shape index (κ3) is 4.13. The molecule has 0 radical (unpaired) electrons. The molecule has 1 aliphatic heterocycles. The first-order valence-corrected chi connectivity index (χ1v) is 6.95. The van der Waals surface area contributed by atoms with E-state index in [0.29, 0.717) is 6.54 Å². The lowest BCUT2D eigenvalue weighted by Crippen LogP contribution is -2.40. The monoisotopic (exact) mass is 278 g/mol. The van der Waals surface area contributed by atoms with E-state index in [0.717, 1.165) is 30.9 Å². The van der Waals surface area contributed by atoms with Gasteiger partial charge in [-0.15, -0.1) is 0 Å². The molecule has 1 heterocycles. The lowest BCUT2D eigenvalue weighted by Gasteiger charge is -2.33. The van der Waals surface area contributed by atoms with Crippen molar-refractivity contribution in [3.63, 3.8) is 0 Å². The molecule has 0 amide bonds. The lowest BCUT2D eigenvalue weighted by molar-refractivity contribution is -0.136. The van der Waals surface area contributed by atoms with Gasteiger partial charge in [-0.3, -0.25) is 4.79 Å². The highest BCUT2D eigenvalue weighted by molar-refractivity contribution is 5.66. The Labute approximate surface area is 119 Å². The van der Waals surface area contributed by atoms with E-state index in [2.05, 4.69) is 36.6 Å². The Kier molecular flexibility index (Phi) is 4.49. The number of benzene rings is 1. The van der Waals surface area contributed by atoms with Crippen molar-refractivity contribution in [2.75, 3.05) is 25.0 Å². The SMILES string of the molecule is CC1(C)CNc2cc(CCNCCC(=O)O)ccc2O1. The van der Waals surface area contributed by atoms with Crippen molar-refractivity contribution in [3.8, 4) is 5.75 Å². The molecule has 0 atom stereocenters. The van der Waals surface area contributed by atoms with Gasteiger partial charge in [0, 0.05) is 6.54 Å². The van der Waals surface area contributed by atoms with Gasteiger partial charge < -0.3 is 20.5 Å². The second kappa shape index (κ2) is 6.13. The van der Waals surface area contributed by atoms with E-state index in [4.69, 9.17) is 9.84 Å². The van der Waals surface area contributed by atoms with E-state index < -0.39 is 5.97 Å². The Bertz CT molecular complexity index is 486. The normalized spacial score (nSPS) is 15.9. The van der Waals surface area contributed by atoms with Gasteiger partial charge in [0.15, 0.2) is 0 Å². The molecule has 0 saturated carbocycles. The van der Waals surface area contributed by atoms with Crippen molar-refractivity contribution in [3.05, 3.63) is 23.8 Å². The van der Waals surface area contributed by atoms with Crippen LogP contribution in [0.3, 0.4) is 0 Å². The molecule has 5 nitrogen and oxygen atoms in total. The van der Waals surface area contributed by atoms with E-state index in [-0.39, 0.29) is 12.0 Å². The highest BCUT2D eigenvalue weighted by Crippen LogP contribution is 2.33. The zero-order valence-corrected chi connectivity index (χ0v) is 12.0. The van der Waals surface area contributed by atoms with Crippen LogP contribution in [0.25, 0.3) is 0 Å². The van der Waals surface area contributed by atoms with Crippen LogP contribution in [0, 0.1) is 0 Å². The summed E-state index contributed by atoms with van der Waals surface area (Å²) < 4.78 is 5.90. The molecule has 0 aliphatic carbocycles. The summed E-state index contributed by atoms with van der Waals surface area (Å²) in [6, 6.07) is 6.15. The highest BCUT2D eigenvalue weighted by atomic mass is 16.5. The van der Waals surface area contributed by atoms with E-state index in [1.807, 2.05) is 6.07 Å². The van der Waals surface area contributed by atoms with Gasteiger partial charge in [-0.05, 0) is 44.5 Å². The number of carboxylic acids is 1. The number of rotatable bonds is 6. The highest BCUT2D eigenvalue weighted by Gasteiger charge is 2.25. The molecule has 20 heavy (non-hydrogen) atoms. The Balaban J connectivity index is 1.84. The predicted octanol–water partition coefficient (Wildman–Crippen LogP) is 1.88. The summed E-state index contributed by atoms with van der Waals surface area (Å²) in [6.07, 6.45) is 1.03. The van der Waals surface area contributed by atoms with Crippen molar-refractivity contribution in [1.82, 2.24) is 5.32 Å². The number of carboxylic acid groups (broad SMARTS) is 1. The Hall–Kier alpha value is -1.75. The first-order valence-electron chi connectivity index (χ1n) is 6.95. The molecule has 0 unspecified atom stereocenters. The van der Waals surface area contributed by atoms with Crippen molar-refractivity contribution < 1.29 is 14.6 Å². The Morgan fingerprint density at radius 1 is 1.45 bits per heavy atom. The van der Waals surface area contributed by atoms with Gasteiger partial charge in [-0.25, -0.2) is 0 Å². The van der Waals surface area contributed by atoms with Crippen molar-refractivity contribution in [2.24, 2.45) is 0 Å². The maximum absolute atomic E-state index is 10.4. The van der Waals surface area contributed by atoms with Crippen molar-refractivity contribution in [2.45, 2.75) is 32.3 Å². The summed E-state index contributed by atoms with van der Waals surface area (Å²) in [6.45, 7) is 6.20. The third-order valence-corrected chi connectivity index (χ3v) is 3.24. The molecule has 0 bridgehead atoms. The molecule has 1 aromatic rings. The summed E-state index contributed by atoms with van der Waals surface area (Å²) in [5, 5.41) is 15.1. The fourth-order valence-corrected chi connectivity index (χ4v) is 2.15. The first-order chi connectivity index (χ1) is 9.46. The first kappa shape index (κ1) is 14.7. The molecule has 5 heteroatoms. The van der Waals surface area contributed by atoms with Crippen LogP contribution in [0.15, 0.2) is 18.2 Å². The molecule has 1 aliphatic rings. The molecule has 0 fully saturated rings. The van der Waals surface area contributed by atoms with Gasteiger partial charge in [-0.1, -0.05) is 6.07 Å². The average Bonchev–Trinajstić information content (AvgIpc) is 2.37. The summed E-state index contributed by atoms with van der Waals surface area (Å²) >= 11 is 0. The number of carbonyl (C=O) groups is 1. The van der Waals surface area contributed by atoms with E-state index >= 15 is 0 Å². The second-order valence-electron chi connectivity index (χ2n) is 5.69. The molecule has 0 spiro atoms. The second-order valence-corrected chi connectivity index (χ2v) is 5.69. The zero-order valence-electron chi connectivity index (χ0n) is 12.0. The van der Waals surface area contributed by atoms with Crippen molar-refractivity contribution in [1.29, 1.82) is 0 Å². The summed E-state index contributed by atoms with van der Waals surface area (Å²) in [5.41, 5.74) is 2.07. The zero-order chi connectivity index (χ0) is 14.6. The molecular formula is C15H22N2O3. The molecule has 110 valence electrons. The topological polar surface area (TPSA) is 70.6 Å². The fraction of sp³-hybridized carbons (Fsp3) is 0.533. The quantitative estimate of drug-likeness (QED) is 0.693. The van der Waals surface area contributed by atoms with Crippen LogP contribution >= 0.6 is 0 Å². The van der Waals surface area contributed by atoms with E-state index in [1.54, 1.807) is 0 Å². The van der Waals surface area contributed by atoms with Crippen LogP contribution in [-0.2, 0) is 11.2 Å². The van der Waals surface area contributed by atoms with Crippen LogP contribution < -0.4 is 15.4 Å². The Morgan fingerprint density at radius 3 is 3.00 bits per heavy atom. The molecular weight excluding hydrogens is 256 g/mol. The van der Waals surface area contributed by atoms with Gasteiger partial charge >= 0.3 is 5.97 Å². The maximum atomic E-state index is 10.4. The number of aliphatic carboxylic acids is 1. The van der Waals surface area contributed by atoms with Gasteiger partial charge in [0.05, 0.1) is 18.7 Å². The molecule has 2 rings (SSSR count). The standard InChI is InChI=1S/C15H22N2O3/c1-15(2)10-17-12-9-11(3-4-13(12)20-15)5-7-16-8-6-14(18)19/h3-4,9,16-17H,5-8,10H2,1-2H3,(H,18,19). The number of anilines is 1. The fourth-order valence-electron chi connectivity index (χ4n) is 2.15. The minimum absolute atomic E-state index is 0.161. The number of ether oxygens (including phenoxy) is 1. The minimum Gasteiger partial charge on any atom is -0.484 e. The number of nitrogens with one attached hydrogen (secondary N) is 2. The Morgan fingerprint density at radius 2 is 2.25 bits per heavy atom. The summed E-state index contributed by atoms with van der Waals surface area (Å²) in [5.74, 6) is 0.124. The van der Waals surface area contributed by atoms with Crippen LogP contribution in [0.2, 0.25) is 0 Å². The van der Waals surface area contributed by atoms with E-state index in [9.17, 15) is 4.79 Å². The maximum Gasteiger partial charge on any atom is 0.304 e. The van der Waals surface area contributed by atoms with E-state index in [1.165, 1.54) is 5.56 Å². The van der Waals surface area contributed by atoms with Crippen LogP contribution in [-0.4, -0.2) is 36.3 Å². The lowest BCUT2D eigenvalue weighted by atomic mass is 10.0. The van der Waals surface area contributed by atoms with Gasteiger partial charge in [-0.2, -0.15) is 0 Å². The summed E-state index contributed by atoms with van der Waals surface area (Å²) in [7, 11) is 0. The number of hydrogen-bond acceptors (Lipinski definition) is 4. The largest absolute Gasteiger partial charge is 0.484 e. The van der Waals surface area contributed by atoms with Crippen LogP contribution in [0.4, 0.5) is 5.69 Å². The van der Waals surface area contributed by atoms with Crippen molar-refractivity contribution >= 4 is 11.7 Å². The molecule has 0 aromatic heterocycles. The average molecular weight is 278 g/mol. The number of hydrogen-bond donors (Lipinski definition) is 3. The smallest absolute Gasteiger partial charge is 0.304 e. The predicted molar refractivity (Wildman–Crippen MR) is 78.5 cm³/mol. The van der Waals surface area contributed by atoms with Gasteiger partial charge in [0.2, 0.25) is 0 Å². The van der Waals surface area contributed by atoms with Crippen LogP contribution in [0.1, 0.15) is 25.8 Å². The third-order valence-electron chi connectivity index (χ3n) is 3.24. The summed E-state index contributed by atoms with van der Waals surface area (Å²) in [4.78, 5) is 10.4. The van der Waals surface area contributed by atoms with Gasteiger partial charge in [0.25, 0.3) is 0 Å². The molecule has 0 saturated heterocycles.